The molecule has 1 aromatic carbocycles. The highest BCUT2D eigenvalue weighted by Crippen LogP contribution is 2.44. The molecule has 1 saturated heterocycles. The van der Waals surface area contributed by atoms with Gasteiger partial charge < -0.3 is 34.0 Å². The molecule has 1 aliphatic rings. The lowest BCUT2D eigenvalue weighted by molar-refractivity contribution is -0.386. The Kier molecular flexibility index (Phi) is 8.14. The zero-order valence-electron chi connectivity index (χ0n) is 21.7. The van der Waals surface area contributed by atoms with Crippen molar-refractivity contribution in [1.82, 2.24) is 14.5 Å². The summed E-state index contributed by atoms with van der Waals surface area (Å²) in [6, 6.07) is 3.08. The third-order valence-corrected chi connectivity index (χ3v) is 7.39. The second kappa shape index (κ2) is 10.9. The SMILES string of the molecule is COc1cc([C@@H](OCc2cn([C@H]3CC(O)[C@@H](CO)O3)c3nc(C)[nH]c(=O)c23)C(C)(C)C)c([N+](=O)[O-])cc1I. The van der Waals surface area contributed by atoms with Gasteiger partial charge >= 0.3 is 0 Å². The second-order valence-electron chi connectivity index (χ2n) is 10.4. The molecule has 3 N–H and O–H groups in total. The van der Waals surface area contributed by atoms with E-state index in [0.29, 0.717) is 37.3 Å². The van der Waals surface area contributed by atoms with Gasteiger partial charge in [-0.1, -0.05) is 20.8 Å². The van der Waals surface area contributed by atoms with Gasteiger partial charge in [0.05, 0.1) is 52.0 Å². The number of aliphatic hydroxyl groups is 2. The summed E-state index contributed by atoms with van der Waals surface area (Å²) in [5.41, 5.74) is 0.213. The smallest absolute Gasteiger partial charge is 0.276 e. The van der Waals surface area contributed by atoms with Crippen LogP contribution in [-0.4, -0.2) is 55.6 Å². The van der Waals surface area contributed by atoms with Crippen LogP contribution in [0.4, 0.5) is 5.69 Å². The van der Waals surface area contributed by atoms with Crippen molar-refractivity contribution >= 4 is 39.3 Å². The van der Waals surface area contributed by atoms with Gasteiger partial charge in [0.15, 0.2) is 0 Å². The highest BCUT2D eigenvalue weighted by molar-refractivity contribution is 14.1. The summed E-state index contributed by atoms with van der Waals surface area (Å²) in [5, 5.41) is 32.0. The molecule has 38 heavy (non-hydrogen) atoms. The van der Waals surface area contributed by atoms with Crippen molar-refractivity contribution < 1.29 is 29.3 Å². The summed E-state index contributed by atoms with van der Waals surface area (Å²) < 4.78 is 19.9. The number of aromatic amines is 1. The number of halogens is 1. The van der Waals surface area contributed by atoms with Gasteiger partial charge in [-0.15, -0.1) is 0 Å². The largest absolute Gasteiger partial charge is 0.496 e. The first-order valence-corrected chi connectivity index (χ1v) is 13.1. The van der Waals surface area contributed by atoms with Gasteiger partial charge in [0.1, 0.15) is 29.6 Å². The lowest BCUT2D eigenvalue weighted by Gasteiger charge is -2.31. The molecule has 13 heteroatoms. The quantitative estimate of drug-likeness (QED) is 0.190. The first kappa shape index (κ1) is 28.4. The van der Waals surface area contributed by atoms with Crippen molar-refractivity contribution in [1.29, 1.82) is 0 Å². The molecule has 206 valence electrons. The molecule has 4 atom stereocenters. The van der Waals surface area contributed by atoms with Crippen molar-refractivity contribution in [3.05, 3.63) is 59.3 Å². The van der Waals surface area contributed by atoms with Gasteiger partial charge in [0.2, 0.25) is 0 Å². The van der Waals surface area contributed by atoms with Gasteiger partial charge in [-0.2, -0.15) is 0 Å². The minimum atomic E-state index is -0.869. The molecular formula is C25H31IN4O8. The highest BCUT2D eigenvalue weighted by atomic mass is 127. The summed E-state index contributed by atoms with van der Waals surface area (Å²) in [6.07, 6.45) is -1.09. The van der Waals surface area contributed by atoms with Crippen molar-refractivity contribution in [2.24, 2.45) is 5.41 Å². The van der Waals surface area contributed by atoms with Gasteiger partial charge in [-0.05, 0) is 41.0 Å². The first-order valence-electron chi connectivity index (χ1n) is 12.0. The van der Waals surface area contributed by atoms with Crippen LogP contribution in [-0.2, 0) is 16.1 Å². The Balaban J connectivity index is 1.77. The summed E-state index contributed by atoms with van der Waals surface area (Å²) in [6.45, 7) is 7.00. The Labute approximate surface area is 232 Å². The van der Waals surface area contributed by atoms with E-state index in [2.05, 4.69) is 9.97 Å². The van der Waals surface area contributed by atoms with Crippen molar-refractivity contribution in [2.75, 3.05) is 13.7 Å². The number of benzene rings is 1. The molecule has 0 spiro atoms. The van der Waals surface area contributed by atoms with Gasteiger partial charge in [-0.3, -0.25) is 14.9 Å². The van der Waals surface area contributed by atoms with E-state index < -0.39 is 34.9 Å². The number of fused-ring (bicyclic) bond motifs is 1. The maximum Gasteiger partial charge on any atom is 0.276 e. The van der Waals surface area contributed by atoms with Crippen LogP contribution in [0.15, 0.2) is 23.1 Å². The number of aromatic nitrogens is 3. The van der Waals surface area contributed by atoms with Crippen LogP contribution in [0.25, 0.3) is 11.0 Å². The van der Waals surface area contributed by atoms with Gasteiger partial charge in [0.25, 0.3) is 11.2 Å². The number of nitro groups is 1. The third-order valence-electron chi connectivity index (χ3n) is 6.55. The molecule has 0 bridgehead atoms. The number of rotatable bonds is 8. The molecule has 2 aromatic heterocycles. The molecule has 12 nitrogen and oxygen atoms in total. The Morgan fingerprint density at radius 3 is 2.68 bits per heavy atom. The number of hydrogen-bond donors (Lipinski definition) is 3. The van der Waals surface area contributed by atoms with E-state index in [1.165, 1.54) is 13.2 Å². The number of hydrogen-bond acceptors (Lipinski definition) is 9. The zero-order valence-corrected chi connectivity index (χ0v) is 23.9. The van der Waals surface area contributed by atoms with Crippen molar-refractivity contribution in [2.45, 2.75) is 65.3 Å². The molecule has 4 rings (SSSR count). The Bertz CT molecular complexity index is 1410. The Morgan fingerprint density at radius 1 is 1.39 bits per heavy atom. The summed E-state index contributed by atoms with van der Waals surface area (Å²) >= 11 is 1.99. The van der Waals surface area contributed by atoms with Gasteiger partial charge in [-0.25, -0.2) is 4.98 Å². The first-order chi connectivity index (χ1) is 17.8. The third kappa shape index (κ3) is 5.43. The number of methoxy groups -OCH3 is 1. The number of aliphatic hydroxyl groups excluding tert-OH is 2. The normalized spacial score (nSPS) is 20.7. The van der Waals surface area contributed by atoms with E-state index in [-0.39, 0.29) is 30.9 Å². The van der Waals surface area contributed by atoms with Crippen LogP contribution in [0.1, 0.15) is 56.5 Å². The van der Waals surface area contributed by atoms with Crippen molar-refractivity contribution in [3.8, 4) is 5.75 Å². The molecule has 0 amide bonds. The Morgan fingerprint density at radius 2 is 2.11 bits per heavy atom. The number of nitrogens with zero attached hydrogens (tertiary/aromatic N) is 3. The Hall–Kier alpha value is -2.59. The maximum absolute atomic E-state index is 13.0. The lowest BCUT2D eigenvalue weighted by atomic mass is 9.83. The average molecular weight is 642 g/mol. The highest BCUT2D eigenvalue weighted by Gasteiger charge is 2.37. The standard InChI is InChI=1S/C25H31IN4O8/c1-12-27-23-21(24(33)28-12)13(9-29(23)20-8-17(32)19(10-31)38-20)11-37-22(25(2,3)4)14-6-18(36-5)15(26)7-16(14)30(34)35/h6-7,9,17,19-20,22,31-32H,8,10-11H2,1-5H3,(H,27,28,33)/t17?,19-,20-,22-/m1/s1. The zero-order chi connectivity index (χ0) is 27.9. The van der Waals surface area contributed by atoms with Crippen molar-refractivity contribution in [3.63, 3.8) is 0 Å². The van der Waals surface area contributed by atoms with Crippen LogP contribution >= 0.6 is 22.6 Å². The molecular weight excluding hydrogens is 611 g/mol. The van der Waals surface area contributed by atoms with Crippen LogP contribution in [0, 0.1) is 26.0 Å². The van der Waals surface area contributed by atoms with Crippen LogP contribution in [0.2, 0.25) is 0 Å². The molecule has 1 fully saturated rings. The van der Waals surface area contributed by atoms with E-state index in [0.717, 1.165) is 0 Å². The summed E-state index contributed by atoms with van der Waals surface area (Å²) in [4.78, 5) is 31.7. The average Bonchev–Trinajstić information content (AvgIpc) is 3.38. The molecule has 0 saturated carbocycles. The lowest BCUT2D eigenvalue weighted by Crippen LogP contribution is -2.24. The number of H-pyrrole nitrogens is 1. The predicted octanol–water partition coefficient (Wildman–Crippen LogP) is 3.50. The van der Waals surface area contributed by atoms with E-state index >= 15 is 0 Å². The molecule has 0 radical (unpaired) electrons. The summed E-state index contributed by atoms with van der Waals surface area (Å²) in [5.74, 6) is 0.896. The molecule has 1 unspecified atom stereocenters. The number of nitro benzene ring substituents is 1. The fraction of sp³-hybridized carbons (Fsp3) is 0.520. The molecule has 3 aromatic rings. The molecule has 0 aliphatic carbocycles. The summed E-state index contributed by atoms with van der Waals surface area (Å²) in [7, 11) is 1.50. The van der Waals surface area contributed by atoms with Gasteiger partial charge in [0, 0.05) is 24.2 Å². The monoisotopic (exact) mass is 642 g/mol. The molecule has 3 heterocycles. The molecule has 1 aliphatic heterocycles. The topological polar surface area (TPSA) is 162 Å². The second-order valence-corrected chi connectivity index (χ2v) is 11.5. The fourth-order valence-electron chi connectivity index (χ4n) is 4.78. The van der Waals surface area contributed by atoms with E-state index in [4.69, 9.17) is 14.2 Å². The van der Waals surface area contributed by atoms with Crippen LogP contribution in [0.5, 0.6) is 5.75 Å². The maximum atomic E-state index is 13.0. The minimum absolute atomic E-state index is 0.0522. The number of aryl methyl sites for hydroxylation is 1. The van der Waals surface area contributed by atoms with E-state index in [1.807, 2.05) is 43.4 Å². The van der Waals surface area contributed by atoms with E-state index in [1.54, 1.807) is 23.8 Å². The van der Waals surface area contributed by atoms with Crippen LogP contribution < -0.4 is 10.3 Å². The fourth-order valence-corrected chi connectivity index (χ4v) is 5.45. The van der Waals surface area contributed by atoms with E-state index in [9.17, 15) is 25.1 Å². The number of ether oxygens (including phenoxy) is 3. The van der Waals surface area contributed by atoms with Crippen LogP contribution in [0.3, 0.4) is 0 Å². The number of nitrogens with one attached hydrogen (secondary N) is 1. The minimum Gasteiger partial charge on any atom is -0.496 e. The predicted molar refractivity (Wildman–Crippen MR) is 146 cm³/mol.